The molecule has 1 N–H and O–H groups in total. The number of hydrogen-bond donors (Lipinski definition) is 1. The maximum absolute atomic E-state index is 10.8. The summed E-state index contributed by atoms with van der Waals surface area (Å²) >= 11 is 0. The topological polar surface area (TPSA) is 46.5 Å². The summed E-state index contributed by atoms with van der Waals surface area (Å²) in [6.07, 6.45) is 6.65. The molecular formula is C14H18O3. The van der Waals surface area contributed by atoms with Crippen LogP contribution in [0.25, 0.3) is 0 Å². The number of ether oxygens (including phenoxy) is 1. The first-order valence-electron chi connectivity index (χ1n) is 5.42. The number of benzene rings is 1. The van der Waals surface area contributed by atoms with Gasteiger partial charge in [0, 0.05) is 12.8 Å². The molecule has 3 nitrogen and oxygen atoms in total. The number of carbonyl (C=O) groups excluding carboxylic acids is 1. The zero-order valence-electron chi connectivity index (χ0n) is 10.3. The van der Waals surface area contributed by atoms with Gasteiger partial charge in [-0.15, -0.1) is 12.3 Å². The second-order valence-corrected chi connectivity index (χ2v) is 3.30. The minimum atomic E-state index is -0.215. The molecule has 0 aliphatic rings. The van der Waals surface area contributed by atoms with Gasteiger partial charge in [0.15, 0.2) is 0 Å². The first kappa shape index (κ1) is 15.0. The van der Waals surface area contributed by atoms with E-state index < -0.39 is 0 Å². The molecule has 0 spiro atoms. The lowest BCUT2D eigenvalue weighted by molar-refractivity contribution is -0.140. The molecule has 17 heavy (non-hydrogen) atoms. The van der Waals surface area contributed by atoms with Crippen LogP contribution in [-0.2, 0) is 16.0 Å². The van der Waals surface area contributed by atoms with Gasteiger partial charge in [-0.2, -0.15) is 0 Å². The number of rotatable bonds is 3. The fourth-order valence-electron chi connectivity index (χ4n) is 1.01. The SMILES string of the molecule is C#CCC.COC(=O)CCc1ccc(O)cc1. The van der Waals surface area contributed by atoms with Crippen LogP contribution in [0.1, 0.15) is 25.3 Å². The molecule has 0 heterocycles. The summed E-state index contributed by atoms with van der Waals surface area (Å²) in [7, 11) is 1.37. The third kappa shape index (κ3) is 7.92. The third-order valence-electron chi connectivity index (χ3n) is 1.99. The van der Waals surface area contributed by atoms with Crippen molar-refractivity contribution >= 4 is 5.97 Å². The number of aryl methyl sites for hydroxylation is 1. The van der Waals surface area contributed by atoms with Crippen molar-refractivity contribution in [2.45, 2.75) is 26.2 Å². The molecule has 0 aliphatic carbocycles. The quantitative estimate of drug-likeness (QED) is 0.645. The van der Waals surface area contributed by atoms with E-state index in [1.54, 1.807) is 24.3 Å². The van der Waals surface area contributed by atoms with Crippen LogP contribution in [0.5, 0.6) is 5.75 Å². The molecule has 0 bridgehead atoms. The van der Waals surface area contributed by atoms with Crippen LogP contribution < -0.4 is 0 Å². The fraction of sp³-hybridized carbons (Fsp3) is 0.357. The van der Waals surface area contributed by atoms with Gasteiger partial charge in [-0.05, 0) is 24.1 Å². The zero-order chi connectivity index (χ0) is 13.1. The molecule has 0 radical (unpaired) electrons. The average molecular weight is 234 g/mol. The highest BCUT2D eigenvalue weighted by molar-refractivity contribution is 5.69. The maximum atomic E-state index is 10.8. The van der Waals surface area contributed by atoms with E-state index in [0.717, 1.165) is 12.0 Å². The van der Waals surface area contributed by atoms with Crippen LogP contribution in [0.4, 0.5) is 0 Å². The number of aromatic hydroxyl groups is 1. The van der Waals surface area contributed by atoms with Crippen molar-refractivity contribution in [1.82, 2.24) is 0 Å². The van der Waals surface area contributed by atoms with Crippen molar-refractivity contribution in [1.29, 1.82) is 0 Å². The molecule has 0 aliphatic heterocycles. The minimum Gasteiger partial charge on any atom is -0.508 e. The molecule has 3 heteroatoms. The number of hydrogen-bond acceptors (Lipinski definition) is 3. The Bertz CT molecular complexity index is 360. The Morgan fingerprint density at radius 3 is 2.35 bits per heavy atom. The van der Waals surface area contributed by atoms with E-state index >= 15 is 0 Å². The van der Waals surface area contributed by atoms with E-state index in [4.69, 9.17) is 11.5 Å². The lowest BCUT2D eigenvalue weighted by Crippen LogP contribution is -2.01. The molecule has 1 aromatic rings. The van der Waals surface area contributed by atoms with Gasteiger partial charge in [0.25, 0.3) is 0 Å². The first-order valence-corrected chi connectivity index (χ1v) is 5.42. The highest BCUT2D eigenvalue weighted by Crippen LogP contribution is 2.11. The van der Waals surface area contributed by atoms with E-state index in [9.17, 15) is 4.79 Å². The summed E-state index contributed by atoms with van der Waals surface area (Å²) in [5, 5.41) is 8.99. The predicted molar refractivity (Wildman–Crippen MR) is 67.6 cm³/mol. The van der Waals surface area contributed by atoms with E-state index in [1.807, 2.05) is 6.92 Å². The molecule has 0 atom stereocenters. The second-order valence-electron chi connectivity index (χ2n) is 3.30. The van der Waals surface area contributed by atoms with E-state index in [1.165, 1.54) is 7.11 Å². The molecule has 0 unspecified atom stereocenters. The Balaban J connectivity index is 0.000000557. The molecular weight excluding hydrogens is 216 g/mol. The number of phenols is 1. The predicted octanol–water partition coefficient (Wildman–Crippen LogP) is 2.53. The molecule has 1 aromatic carbocycles. The number of terminal acetylenes is 1. The largest absolute Gasteiger partial charge is 0.508 e. The number of esters is 1. The third-order valence-corrected chi connectivity index (χ3v) is 1.99. The summed E-state index contributed by atoms with van der Waals surface area (Å²) < 4.78 is 4.51. The van der Waals surface area contributed by atoms with Crippen molar-refractivity contribution in [2.75, 3.05) is 7.11 Å². The van der Waals surface area contributed by atoms with Gasteiger partial charge in [0.05, 0.1) is 7.11 Å². The van der Waals surface area contributed by atoms with Gasteiger partial charge in [-0.3, -0.25) is 4.79 Å². The van der Waals surface area contributed by atoms with Crippen molar-refractivity contribution in [3.63, 3.8) is 0 Å². The van der Waals surface area contributed by atoms with Gasteiger partial charge in [-0.1, -0.05) is 19.1 Å². The number of phenolic OH excluding ortho intramolecular Hbond substituents is 1. The first-order chi connectivity index (χ1) is 8.13. The standard InChI is InChI=1S/C10H12O3.C4H6/c1-13-10(12)7-4-8-2-5-9(11)6-3-8;1-3-4-2/h2-3,5-6,11H,4,7H2,1H3;1H,4H2,2H3. The molecule has 0 amide bonds. The Hall–Kier alpha value is -1.95. The molecule has 0 aromatic heterocycles. The van der Waals surface area contributed by atoms with E-state index in [0.29, 0.717) is 12.8 Å². The monoisotopic (exact) mass is 234 g/mol. The Morgan fingerprint density at radius 2 is 1.94 bits per heavy atom. The van der Waals surface area contributed by atoms with E-state index in [-0.39, 0.29) is 11.7 Å². The molecule has 0 saturated carbocycles. The Morgan fingerprint density at radius 1 is 1.41 bits per heavy atom. The van der Waals surface area contributed by atoms with Crippen LogP contribution >= 0.6 is 0 Å². The van der Waals surface area contributed by atoms with Crippen LogP contribution in [-0.4, -0.2) is 18.2 Å². The molecule has 0 saturated heterocycles. The molecule has 0 fully saturated rings. The second kappa shape index (κ2) is 9.29. The highest BCUT2D eigenvalue weighted by Gasteiger charge is 2.00. The number of carbonyl (C=O) groups is 1. The fourth-order valence-corrected chi connectivity index (χ4v) is 1.01. The van der Waals surface area contributed by atoms with Gasteiger partial charge in [0.2, 0.25) is 0 Å². The average Bonchev–Trinajstić information content (AvgIpc) is 2.38. The Labute approximate surface area is 102 Å². The lowest BCUT2D eigenvalue weighted by Gasteiger charge is -2.00. The van der Waals surface area contributed by atoms with Crippen LogP contribution in [0.2, 0.25) is 0 Å². The van der Waals surface area contributed by atoms with Crippen LogP contribution in [0.3, 0.4) is 0 Å². The van der Waals surface area contributed by atoms with Gasteiger partial charge < -0.3 is 9.84 Å². The van der Waals surface area contributed by atoms with Crippen molar-refractivity contribution < 1.29 is 14.6 Å². The van der Waals surface area contributed by atoms with Crippen molar-refractivity contribution in [2.24, 2.45) is 0 Å². The molecule has 92 valence electrons. The van der Waals surface area contributed by atoms with Gasteiger partial charge in [0.1, 0.15) is 5.75 Å². The summed E-state index contributed by atoms with van der Waals surface area (Å²) in [5.41, 5.74) is 1.02. The van der Waals surface area contributed by atoms with Gasteiger partial charge >= 0.3 is 5.97 Å². The normalized spacial score (nSPS) is 8.53. The molecule has 1 rings (SSSR count). The van der Waals surface area contributed by atoms with Gasteiger partial charge in [-0.25, -0.2) is 0 Å². The number of methoxy groups -OCH3 is 1. The van der Waals surface area contributed by atoms with Crippen LogP contribution in [0.15, 0.2) is 24.3 Å². The summed E-state index contributed by atoms with van der Waals surface area (Å²) in [6.45, 7) is 1.94. The summed E-state index contributed by atoms with van der Waals surface area (Å²) in [4.78, 5) is 10.8. The smallest absolute Gasteiger partial charge is 0.305 e. The van der Waals surface area contributed by atoms with Crippen LogP contribution in [0, 0.1) is 12.3 Å². The van der Waals surface area contributed by atoms with Crippen molar-refractivity contribution in [3.05, 3.63) is 29.8 Å². The minimum absolute atomic E-state index is 0.215. The van der Waals surface area contributed by atoms with Crippen molar-refractivity contribution in [3.8, 4) is 18.1 Å². The summed E-state index contributed by atoms with van der Waals surface area (Å²) in [6, 6.07) is 6.79. The summed E-state index contributed by atoms with van der Waals surface area (Å²) in [5.74, 6) is 2.45. The highest BCUT2D eigenvalue weighted by atomic mass is 16.5. The maximum Gasteiger partial charge on any atom is 0.305 e. The Kier molecular flexibility index (Phi) is 8.22. The lowest BCUT2D eigenvalue weighted by atomic mass is 10.1. The van der Waals surface area contributed by atoms with E-state index in [2.05, 4.69) is 10.7 Å². The zero-order valence-corrected chi connectivity index (χ0v) is 10.3.